The van der Waals surface area contributed by atoms with Gasteiger partial charge in [0.15, 0.2) is 6.61 Å². The third-order valence-electron chi connectivity index (χ3n) is 1.21. The topological polar surface area (TPSA) is 52.6 Å². The van der Waals surface area contributed by atoms with Crippen molar-refractivity contribution in [3.8, 4) is 0 Å². The molecule has 0 aromatic heterocycles. The first kappa shape index (κ1) is 10.9. The molecule has 0 aliphatic carbocycles. The lowest BCUT2D eigenvalue weighted by Gasteiger charge is -2.05. The lowest BCUT2D eigenvalue weighted by atomic mass is 10.1. The quantitative estimate of drug-likeness (QED) is 0.554. The van der Waals surface area contributed by atoms with Crippen LogP contribution in [0.4, 0.5) is 0 Å². The van der Waals surface area contributed by atoms with E-state index in [2.05, 4.69) is 4.74 Å². The number of rotatable bonds is 6. The van der Waals surface area contributed by atoms with Gasteiger partial charge in [0.25, 0.3) is 0 Å². The molecule has 69 valence electrons. The second-order valence-electron chi connectivity index (χ2n) is 2.78. The molecule has 0 saturated heterocycles. The largest absolute Gasteiger partial charge is 0.463 e. The van der Waals surface area contributed by atoms with E-state index in [0.717, 1.165) is 12.9 Å². The van der Waals surface area contributed by atoms with Gasteiger partial charge in [-0.2, -0.15) is 0 Å². The van der Waals surface area contributed by atoms with Crippen LogP contribution >= 0.6 is 0 Å². The highest BCUT2D eigenvalue weighted by Gasteiger charge is 2.03. The van der Waals surface area contributed by atoms with Crippen molar-refractivity contribution in [2.24, 2.45) is 5.92 Å². The van der Waals surface area contributed by atoms with Crippen LogP contribution in [0.1, 0.15) is 20.3 Å². The molecule has 0 saturated carbocycles. The molecule has 0 N–H and O–H groups in total. The normalized spacial score (nSPS) is 9.58. The summed E-state index contributed by atoms with van der Waals surface area (Å²) >= 11 is 0. The molecule has 0 spiro atoms. The smallest absolute Gasteiger partial charge is 0.418 e. The Morgan fingerprint density at radius 2 is 2.17 bits per heavy atom. The van der Waals surface area contributed by atoms with E-state index in [-0.39, 0.29) is 6.61 Å². The van der Waals surface area contributed by atoms with Gasteiger partial charge in [-0.3, -0.25) is 0 Å². The van der Waals surface area contributed by atoms with E-state index in [4.69, 9.17) is 4.74 Å². The van der Waals surface area contributed by atoms with Crippen LogP contribution in [-0.4, -0.2) is 25.7 Å². The van der Waals surface area contributed by atoms with Gasteiger partial charge in [0, 0.05) is 0 Å². The highest BCUT2D eigenvalue weighted by atomic mass is 16.6. The van der Waals surface area contributed by atoms with Gasteiger partial charge >= 0.3 is 12.4 Å². The Morgan fingerprint density at radius 1 is 1.50 bits per heavy atom. The molecule has 0 aliphatic rings. The van der Waals surface area contributed by atoms with E-state index in [1.54, 1.807) is 0 Å². The summed E-state index contributed by atoms with van der Waals surface area (Å²) in [5.41, 5.74) is 0. The van der Waals surface area contributed by atoms with Crippen molar-refractivity contribution in [2.45, 2.75) is 20.3 Å². The van der Waals surface area contributed by atoms with E-state index >= 15 is 0 Å². The average Bonchev–Trinajstić information content (AvgIpc) is 2.00. The zero-order valence-corrected chi connectivity index (χ0v) is 7.33. The molecule has 0 rings (SSSR count). The van der Waals surface area contributed by atoms with Gasteiger partial charge in [0.05, 0.1) is 6.61 Å². The molecule has 4 heteroatoms. The first-order valence-corrected chi connectivity index (χ1v) is 3.81. The molecule has 0 heterocycles. The molecular formula is C8H13O4. The molecule has 0 amide bonds. The fourth-order valence-electron chi connectivity index (χ4n) is 0.539. The molecule has 0 fully saturated rings. The van der Waals surface area contributed by atoms with Crippen LogP contribution in [0.15, 0.2) is 0 Å². The Bertz CT molecular complexity index is 142. The SMILES string of the molecule is CC(C)CCOC(=O)CO[C]=O. The number of ether oxygens (including phenoxy) is 2. The van der Waals surface area contributed by atoms with Crippen molar-refractivity contribution in [1.29, 1.82) is 0 Å². The third kappa shape index (κ3) is 7.05. The molecule has 0 aromatic rings. The van der Waals surface area contributed by atoms with Crippen LogP contribution in [0.2, 0.25) is 0 Å². The summed E-state index contributed by atoms with van der Waals surface area (Å²) in [6.45, 7) is 5.24. The van der Waals surface area contributed by atoms with E-state index in [9.17, 15) is 9.59 Å². The predicted molar refractivity (Wildman–Crippen MR) is 42.1 cm³/mol. The van der Waals surface area contributed by atoms with Crippen molar-refractivity contribution < 1.29 is 19.1 Å². The summed E-state index contributed by atoms with van der Waals surface area (Å²) in [6.07, 6.45) is 0.816. The van der Waals surface area contributed by atoms with E-state index in [1.807, 2.05) is 13.8 Å². The van der Waals surface area contributed by atoms with Crippen molar-refractivity contribution in [2.75, 3.05) is 13.2 Å². The summed E-state index contributed by atoms with van der Waals surface area (Å²) in [4.78, 5) is 20.2. The fourth-order valence-corrected chi connectivity index (χ4v) is 0.539. The lowest BCUT2D eigenvalue weighted by molar-refractivity contribution is -0.146. The molecule has 1 radical (unpaired) electrons. The van der Waals surface area contributed by atoms with Crippen LogP contribution in [0.5, 0.6) is 0 Å². The molecular weight excluding hydrogens is 160 g/mol. The van der Waals surface area contributed by atoms with Gasteiger partial charge in [0.1, 0.15) is 0 Å². The van der Waals surface area contributed by atoms with Crippen LogP contribution in [0, 0.1) is 5.92 Å². The second-order valence-corrected chi connectivity index (χ2v) is 2.78. The molecule has 4 nitrogen and oxygen atoms in total. The predicted octanol–water partition coefficient (Wildman–Crippen LogP) is 0.659. The number of carbonyl (C=O) groups is 1. The Hall–Kier alpha value is -1.06. The summed E-state index contributed by atoms with van der Waals surface area (Å²) in [5, 5.41) is 0. The van der Waals surface area contributed by atoms with Crippen molar-refractivity contribution in [3.63, 3.8) is 0 Å². The van der Waals surface area contributed by atoms with Crippen molar-refractivity contribution >= 4 is 12.4 Å². The maximum Gasteiger partial charge on any atom is 0.418 e. The Balaban J connectivity index is 3.25. The minimum absolute atomic E-state index is 0.346. The van der Waals surface area contributed by atoms with E-state index in [0.29, 0.717) is 12.5 Å². The highest BCUT2D eigenvalue weighted by molar-refractivity contribution is 5.71. The summed E-state index contributed by atoms with van der Waals surface area (Å²) in [6, 6.07) is 0. The molecule has 0 bridgehead atoms. The van der Waals surface area contributed by atoms with Crippen LogP contribution in [-0.2, 0) is 19.1 Å². The fraction of sp³-hybridized carbons (Fsp3) is 0.750. The number of hydrogen-bond acceptors (Lipinski definition) is 4. The molecule has 0 unspecified atom stereocenters. The highest BCUT2D eigenvalue weighted by Crippen LogP contribution is 1.98. The standard InChI is InChI=1S/C8H13O4/c1-7(2)3-4-12-8(10)5-11-6-9/h7H,3-5H2,1-2H3. The van der Waals surface area contributed by atoms with E-state index < -0.39 is 5.97 Å². The van der Waals surface area contributed by atoms with Gasteiger partial charge in [0.2, 0.25) is 0 Å². The first-order chi connectivity index (χ1) is 5.66. The number of hydrogen-bond donors (Lipinski definition) is 0. The van der Waals surface area contributed by atoms with Crippen molar-refractivity contribution in [3.05, 3.63) is 0 Å². The third-order valence-corrected chi connectivity index (χ3v) is 1.21. The van der Waals surface area contributed by atoms with Gasteiger partial charge in [-0.25, -0.2) is 9.59 Å². The zero-order chi connectivity index (χ0) is 9.40. The van der Waals surface area contributed by atoms with E-state index in [1.165, 1.54) is 0 Å². The maximum atomic E-state index is 10.7. The number of carbonyl (C=O) groups excluding carboxylic acids is 2. The minimum atomic E-state index is -0.529. The summed E-state index contributed by atoms with van der Waals surface area (Å²) in [5.74, 6) is -0.0321. The second kappa shape index (κ2) is 6.64. The zero-order valence-electron chi connectivity index (χ0n) is 7.33. The number of esters is 1. The van der Waals surface area contributed by atoms with Gasteiger partial charge in [-0.05, 0) is 12.3 Å². The van der Waals surface area contributed by atoms with Crippen molar-refractivity contribution in [1.82, 2.24) is 0 Å². The Kier molecular flexibility index (Phi) is 6.05. The Labute approximate surface area is 71.8 Å². The molecule has 0 atom stereocenters. The minimum Gasteiger partial charge on any atom is -0.463 e. The summed E-state index contributed by atoms with van der Waals surface area (Å²) in [7, 11) is 0. The van der Waals surface area contributed by atoms with Gasteiger partial charge in [-0.1, -0.05) is 13.8 Å². The van der Waals surface area contributed by atoms with Gasteiger partial charge < -0.3 is 9.47 Å². The average molecular weight is 173 g/mol. The van der Waals surface area contributed by atoms with Crippen LogP contribution < -0.4 is 0 Å². The molecule has 12 heavy (non-hydrogen) atoms. The van der Waals surface area contributed by atoms with Crippen LogP contribution in [0.3, 0.4) is 0 Å². The first-order valence-electron chi connectivity index (χ1n) is 3.81. The van der Waals surface area contributed by atoms with Crippen LogP contribution in [0.25, 0.3) is 0 Å². The maximum absolute atomic E-state index is 10.7. The molecule has 0 aromatic carbocycles. The lowest BCUT2D eigenvalue weighted by Crippen LogP contribution is -2.13. The monoisotopic (exact) mass is 173 g/mol. The summed E-state index contributed by atoms with van der Waals surface area (Å²) < 4.78 is 8.78. The Morgan fingerprint density at radius 3 is 2.67 bits per heavy atom. The van der Waals surface area contributed by atoms with Gasteiger partial charge in [-0.15, -0.1) is 0 Å². The molecule has 0 aliphatic heterocycles.